The van der Waals surface area contributed by atoms with Crippen LogP contribution in [0.15, 0.2) is 42.5 Å². The average Bonchev–Trinajstić information content (AvgIpc) is 3.22. The summed E-state index contributed by atoms with van der Waals surface area (Å²) in [5, 5.41) is 4.39. The van der Waals surface area contributed by atoms with Crippen molar-refractivity contribution >= 4 is 17.3 Å². The lowest BCUT2D eigenvalue weighted by Crippen LogP contribution is -2.17. The van der Waals surface area contributed by atoms with E-state index in [1.165, 1.54) is 29.5 Å². The molecular weight excluding hydrogens is 280 g/mol. The first-order valence-corrected chi connectivity index (χ1v) is 8.01. The summed E-state index contributed by atoms with van der Waals surface area (Å²) in [4.78, 5) is 2.35. The highest BCUT2D eigenvalue weighted by Gasteiger charge is 2.22. The van der Waals surface area contributed by atoms with Gasteiger partial charge < -0.3 is 10.2 Å². The van der Waals surface area contributed by atoms with E-state index in [9.17, 15) is 0 Å². The SMILES string of the molecule is Clc1cc(CNC2CC2)ccc1N1Cc2ccccc2C1. The summed E-state index contributed by atoms with van der Waals surface area (Å²) in [7, 11) is 0. The van der Waals surface area contributed by atoms with E-state index >= 15 is 0 Å². The van der Waals surface area contributed by atoms with Crippen LogP contribution in [0.3, 0.4) is 0 Å². The van der Waals surface area contributed by atoms with Gasteiger partial charge in [-0.2, -0.15) is 0 Å². The molecule has 0 radical (unpaired) electrons. The largest absolute Gasteiger partial charge is 0.362 e. The van der Waals surface area contributed by atoms with E-state index in [4.69, 9.17) is 11.6 Å². The number of benzene rings is 2. The van der Waals surface area contributed by atoms with Gasteiger partial charge in [0.2, 0.25) is 0 Å². The maximum Gasteiger partial charge on any atom is 0.0643 e. The van der Waals surface area contributed by atoms with Gasteiger partial charge in [0, 0.05) is 25.7 Å². The summed E-state index contributed by atoms with van der Waals surface area (Å²) in [6.45, 7) is 2.83. The van der Waals surface area contributed by atoms with Crippen LogP contribution in [0.4, 0.5) is 5.69 Å². The van der Waals surface area contributed by atoms with Crippen LogP contribution in [0.1, 0.15) is 29.5 Å². The highest BCUT2D eigenvalue weighted by molar-refractivity contribution is 6.33. The molecule has 1 N–H and O–H groups in total. The number of rotatable bonds is 4. The van der Waals surface area contributed by atoms with Crippen LogP contribution in [0, 0.1) is 0 Å². The van der Waals surface area contributed by atoms with E-state index in [1.54, 1.807) is 0 Å². The molecule has 1 aliphatic carbocycles. The Labute approximate surface area is 130 Å². The Morgan fingerprint density at radius 3 is 2.38 bits per heavy atom. The third-order valence-electron chi connectivity index (χ3n) is 4.37. The van der Waals surface area contributed by atoms with Crippen molar-refractivity contribution in [3.8, 4) is 0 Å². The Morgan fingerprint density at radius 2 is 1.76 bits per heavy atom. The first-order chi connectivity index (χ1) is 10.3. The van der Waals surface area contributed by atoms with Gasteiger partial charge in [-0.15, -0.1) is 0 Å². The lowest BCUT2D eigenvalue weighted by molar-refractivity contribution is 0.688. The highest BCUT2D eigenvalue weighted by Crippen LogP contribution is 2.33. The second-order valence-electron chi connectivity index (χ2n) is 6.07. The maximum absolute atomic E-state index is 6.51. The van der Waals surface area contributed by atoms with Crippen molar-refractivity contribution in [2.24, 2.45) is 0 Å². The molecule has 0 saturated heterocycles. The summed E-state index contributed by atoms with van der Waals surface area (Å²) in [6.07, 6.45) is 2.63. The monoisotopic (exact) mass is 298 g/mol. The third kappa shape index (κ3) is 2.78. The molecule has 0 bridgehead atoms. The van der Waals surface area contributed by atoms with Gasteiger partial charge in [-0.05, 0) is 41.7 Å². The molecule has 0 aromatic heterocycles. The van der Waals surface area contributed by atoms with Crippen LogP contribution in [0.25, 0.3) is 0 Å². The summed E-state index contributed by atoms with van der Waals surface area (Å²) in [5.74, 6) is 0. The molecule has 2 nitrogen and oxygen atoms in total. The van der Waals surface area contributed by atoms with Crippen LogP contribution in [-0.4, -0.2) is 6.04 Å². The number of fused-ring (bicyclic) bond motifs is 1. The first kappa shape index (κ1) is 13.2. The Bertz CT molecular complexity index is 639. The highest BCUT2D eigenvalue weighted by atomic mass is 35.5. The van der Waals surface area contributed by atoms with Crippen LogP contribution in [0.2, 0.25) is 5.02 Å². The van der Waals surface area contributed by atoms with E-state index in [1.807, 2.05) is 0 Å². The number of hydrogen-bond donors (Lipinski definition) is 1. The predicted molar refractivity (Wildman–Crippen MR) is 87.6 cm³/mol. The van der Waals surface area contributed by atoms with E-state index < -0.39 is 0 Å². The molecule has 1 saturated carbocycles. The van der Waals surface area contributed by atoms with Crippen molar-refractivity contribution in [3.05, 3.63) is 64.2 Å². The molecule has 1 fully saturated rings. The third-order valence-corrected chi connectivity index (χ3v) is 4.67. The fourth-order valence-electron chi connectivity index (χ4n) is 2.97. The van der Waals surface area contributed by atoms with Gasteiger partial charge in [0.05, 0.1) is 10.7 Å². The van der Waals surface area contributed by atoms with Crippen molar-refractivity contribution in [2.45, 2.75) is 38.5 Å². The standard InChI is InChI=1S/C18H19ClN2/c19-17-9-13(10-20-16-6-7-16)5-8-18(17)21-11-14-3-1-2-4-15(14)12-21/h1-5,8-9,16,20H,6-7,10-12H2. The van der Waals surface area contributed by atoms with Gasteiger partial charge in [0.25, 0.3) is 0 Å². The van der Waals surface area contributed by atoms with Crippen molar-refractivity contribution in [2.75, 3.05) is 4.90 Å². The first-order valence-electron chi connectivity index (χ1n) is 7.63. The van der Waals surface area contributed by atoms with Crippen molar-refractivity contribution in [1.82, 2.24) is 5.32 Å². The lowest BCUT2D eigenvalue weighted by atomic mass is 10.1. The molecule has 0 atom stereocenters. The summed E-state index contributed by atoms with van der Waals surface area (Å²) < 4.78 is 0. The minimum absolute atomic E-state index is 0.733. The summed E-state index contributed by atoms with van der Waals surface area (Å²) in [5.41, 5.74) is 5.23. The Kier molecular flexibility index (Phi) is 3.36. The predicted octanol–water partition coefficient (Wildman–Crippen LogP) is 4.11. The molecule has 0 amide bonds. The lowest BCUT2D eigenvalue weighted by Gasteiger charge is -2.20. The van der Waals surface area contributed by atoms with E-state index in [2.05, 4.69) is 52.7 Å². The van der Waals surface area contributed by atoms with E-state index in [0.717, 1.165) is 36.4 Å². The molecule has 0 unspecified atom stereocenters. The van der Waals surface area contributed by atoms with Crippen molar-refractivity contribution < 1.29 is 0 Å². The second kappa shape index (κ2) is 5.36. The molecule has 4 rings (SSSR count). The Hall–Kier alpha value is -1.51. The van der Waals surface area contributed by atoms with Gasteiger partial charge in [-0.25, -0.2) is 0 Å². The minimum atomic E-state index is 0.733. The second-order valence-corrected chi connectivity index (χ2v) is 6.47. The topological polar surface area (TPSA) is 15.3 Å². The van der Waals surface area contributed by atoms with Gasteiger partial charge in [-0.1, -0.05) is 41.9 Å². The van der Waals surface area contributed by atoms with Crippen LogP contribution in [0.5, 0.6) is 0 Å². The average molecular weight is 299 g/mol. The maximum atomic E-state index is 6.51. The zero-order valence-corrected chi connectivity index (χ0v) is 12.7. The molecule has 0 spiro atoms. The molecule has 2 aliphatic rings. The number of anilines is 1. The van der Waals surface area contributed by atoms with Crippen LogP contribution < -0.4 is 10.2 Å². The summed E-state index contributed by atoms with van der Waals surface area (Å²) in [6, 6.07) is 15.8. The molecular formula is C18H19ClN2. The van der Waals surface area contributed by atoms with Gasteiger partial charge in [0.15, 0.2) is 0 Å². The van der Waals surface area contributed by atoms with Crippen LogP contribution in [-0.2, 0) is 19.6 Å². The molecule has 1 aliphatic heterocycles. The minimum Gasteiger partial charge on any atom is -0.362 e. The Balaban J connectivity index is 1.50. The molecule has 2 aromatic carbocycles. The van der Waals surface area contributed by atoms with E-state index in [0.29, 0.717) is 0 Å². The normalized spacial score (nSPS) is 17.1. The van der Waals surface area contributed by atoms with Gasteiger partial charge in [-0.3, -0.25) is 0 Å². The fourth-order valence-corrected chi connectivity index (χ4v) is 3.29. The van der Waals surface area contributed by atoms with Crippen molar-refractivity contribution in [1.29, 1.82) is 0 Å². The molecule has 21 heavy (non-hydrogen) atoms. The zero-order valence-electron chi connectivity index (χ0n) is 12.0. The molecule has 1 heterocycles. The molecule has 3 heteroatoms. The number of hydrogen-bond acceptors (Lipinski definition) is 2. The number of halogens is 1. The van der Waals surface area contributed by atoms with Crippen LogP contribution >= 0.6 is 11.6 Å². The van der Waals surface area contributed by atoms with Gasteiger partial charge in [0.1, 0.15) is 0 Å². The quantitative estimate of drug-likeness (QED) is 0.914. The number of nitrogens with one attached hydrogen (secondary N) is 1. The Morgan fingerprint density at radius 1 is 1.05 bits per heavy atom. The van der Waals surface area contributed by atoms with Crippen molar-refractivity contribution in [3.63, 3.8) is 0 Å². The molecule has 2 aromatic rings. The zero-order chi connectivity index (χ0) is 14.2. The summed E-state index contributed by atoms with van der Waals surface area (Å²) >= 11 is 6.51. The molecule has 108 valence electrons. The van der Waals surface area contributed by atoms with Gasteiger partial charge >= 0.3 is 0 Å². The number of nitrogens with zero attached hydrogens (tertiary/aromatic N) is 1. The fraction of sp³-hybridized carbons (Fsp3) is 0.333. The smallest absolute Gasteiger partial charge is 0.0643 e. The van der Waals surface area contributed by atoms with E-state index in [-0.39, 0.29) is 0 Å².